The van der Waals surface area contributed by atoms with Gasteiger partial charge in [-0.3, -0.25) is 4.98 Å². The molecule has 7 nitrogen and oxygen atoms in total. The number of likely N-dealkylation sites (tertiary alicyclic amines) is 1. The van der Waals surface area contributed by atoms with E-state index in [-0.39, 0.29) is 5.41 Å². The molecule has 280 valence electrons. The maximum Gasteiger partial charge on any atom is 0.329 e. The van der Waals surface area contributed by atoms with Crippen LogP contribution in [0.4, 0.5) is 5.69 Å². The number of aromatic nitrogens is 1. The summed E-state index contributed by atoms with van der Waals surface area (Å²) >= 11 is 13.3. The average molecular weight is 749 g/mol. The van der Waals surface area contributed by atoms with E-state index >= 15 is 0 Å². The Balaban J connectivity index is 1.12. The molecule has 3 atom stereocenters. The minimum Gasteiger partial charge on any atom is -0.493 e. The fourth-order valence-electron chi connectivity index (χ4n) is 9.90. The Bertz CT molecular complexity index is 1730. The molecule has 3 aliphatic carbocycles. The van der Waals surface area contributed by atoms with Crippen molar-refractivity contribution in [3.8, 4) is 11.5 Å². The van der Waals surface area contributed by atoms with Gasteiger partial charge in [0.2, 0.25) is 0 Å². The van der Waals surface area contributed by atoms with Crippen molar-refractivity contribution in [2.24, 2.45) is 17.8 Å². The summed E-state index contributed by atoms with van der Waals surface area (Å²) in [5.41, 5.74) is 4.52. The molecule has 7 rings (SSSR count). The second-order valence-corrected chi connectivity index (χ2v) is 17.4. The molecule has 3 aromatic rings. The number of ether oxygens (including phenoxy) is 2. The number of halogens is 2. The summed E-state index contributed by atoms with van der Waals surface area (Å²) in [4.78, 5) is 20.1. The van der Waals surface area contributed by atoms with Gasteiger partial charge in [-0.25, -0.2) is 4.79 Å². The van der Waals surface area contributed by atoms with Crippen molar-refractivity contribution in [3.63, 3.8) is 0 Å². The summed E-state index contributed by atoms with van der Waals surface area (Å²) in [7, 11) is 2.20. The van der Waals surface area contributed by atoms with Crippen LogP contribution in [0.25, 0.3) is 0 Å². The number of carboxylic acids is 1. The highest BCUT2D eigenvalue weighted by Gasteiger charge is 2.54. The van der Waals surface area contributed by atoms with Crippen molar-refractivity contribution in [3.05, 3.63) is 81.1 Å². The number of piperidine rings is 1. The number of anilines is 1. The Hall–Kier alpha value is -3.00. The molecule has 2 heterocycles. The van der Waals surface area contributed by atoms with Gasteiger partial charge in [-0.2, -0.15) is 0 Å². The van der Waals surface area contributed by atoms with E-state index in [0.717, 1.165) is 68.8 Å². The third kappa shape index (κ3) is 7.79. The van der Waals surface area contributed by atoms with Gasteiger partial charge >= 0.3 is 5.97 Å². The quantitative estimate of drug-likeness (QED) is 0.191. The Labute approximate surface area is 319 Å². The largest absolute Gasteiger partial charge is 0.493 e. The molecule has 0 bridgehead atoms. The van der Waals surface area contributed by atoms with Gasteiger partial charge in [0.1, 0.15) is 17.0 Å². The molecule has 0 radical (unpaired) electrons. The molecule has 2 fully saturated rings. The van der Waals surface area contributed by atoms with E-state index < -0.39 is 11.5 Å². The molecule has 4 aliphatic rings. The minimum atomic E-state index is -1.07. The lowest BCUT2D eigenvalue weighted by atomic mass is 9.59. The SMILES string of the molecule is C[C@@H](COc1ccnc2c1[C@H](C)CCC2)CC1Cc2cc(Cl)c(OCCC3CCN(C)CC3)cc2C12CCC(Nc1cccc(Cl)c1)(C(=O)O)CC2. The van der Waals surface area contributed by atoms with Crippen LogP contribution in [0.5, 0.6) is 11.5 Å². The van der Waals surface area contributed by atoms with Crippen molar-refractivity contribution in [1.29, 1.82) is 0 Å². The zero-order valence-electron chi connectivity index (χ0n) is 31.1. The number of carboxylic acid groups (broad SMARTS) is 1. The van der Waals surface area contributed by atoms with Crippen LogP contribution in [0.3, 0.4) is 0 Å². The molecule has 1 aromatic heterocycles. The minimum absolute atomic E-state index is 0.181. The van der Waals surface area contributed by atoms with Crippen LogP contribution < -0.4 is 14.8 Å². The molecule has 2 N–H and O–H groups in total. The third-order valence-corrected chi connectivity index (χ3v) is 13.5. The monoisotopic (exact) mass is 747 g/mol. The molecule has 52 heavy (non-hydrogen) atoms. The number of fused-ring (bicyclic) bond motifs is 3. The topological polar surface area (TPSA) is 83.9 Å². The van der Waals surface area contributed by atoms with Gasteiger partial charge in [-0.05, 0) is 174 Å². The van der Waals surface area contributed by atoms with Crippen LogP contribution >= 0.6 is 23.2 Å². The molecule has 1 saturated carbocycles. The van der Waals surface area contributed by atoms with Crippen molar-refractivity contribution >= 4 is 34.9 Å². The number of hydrogen-bond donors (Lipinski definition) is 2. The van der Waals surface area contributed by atoms with Crippen LogP contribution in [0, 0.1) is 17.8 Å². The number of rotatable bonds is 12. The number of aliphatic carboxylic acids is 1. The Kier molecular flexibility index (Phi) is 11.3. The Morgan fingerprint density at radius 1 is 1.06 bits per heavy atom. The Morgan fingerprint density at radius 3 is 2.60 bits per heavy atom. The van der Waals surface area contributed by atoms with Gasteiger partial charge in [0, 0.05) is 28.2 Å². The van der Waals surface area contributed by atoms with E-state index in [9.17, 15) is 9.90 Å². The van der Waals surface area contributed by atoms with Gasteiger partial charge in [0.15, 0.2) is 0 Å². The highest BCUT2D eigenvalue weighted by atomic mass is 35.5. The zero-order chi connectivity index (χ0) is 36.5. The van der Waals surface area contributed by atoms with Crippen molar-refractivity contribution < 1.29 is 19.4 Å². The zero-order valence-corrected chi connectivity index (χ0v) is 32.6. The van der Waals surface area contributed by atoms with Crippen LogP contribution in [0.2, 0.25) is 10.0 Å². The molecule has 1 saturated heterocycles. The molecular weight excluding hydrogens is 693 g/mol. The summed E-state index contributed by atoms with van der Waals surface area (Å²) in [6, 6.07) is 13.8. The van der Waals surface area contributed by atoms with E-state index in [2.05, 4.69) is 48.2 Å². The number of nitrogens with one attached hydrogen (secondary N) is 1. The molecule has 0 amide bonds. The van der Waals surface area contributed by atoms with Crippen LogP contribution in [0.1, 0.15) is 106 Å². The smallest absolute Gasteiger partial charge is 0.329 e. The number of pyridine rings is 1. The fraction of sp³-hybridized carbons (Fsp3) is 0.581. The second-order valence-electron chi connectivity index (χ2n) is 16.5. The van der Waals surface area contributed by atoms with E-state index in [1.165, 1.54) is 48.1 Å². The lowest BCUT2D eigenvalue weighted by molar-refractivity contribution is -0.144. The maximum atomic E-state index is 13.0. The number of carbonyl (C=O) groups is 1. The first-order valence-electron chi connectivity index (χ1n) is 19.6. The van der Waals surface area contributed by atoms with Crippen LogP contribution in [0.15, 0.2) is 48.7 Å². The van der Waals surface area contributed by atoms with Gasteiger partial charge in [0.25, 0.3) is 0 Å². The lowest BCUT2D eigenvalue weighted by Gasteiger charge is -2.47. The summed E-state index contributed by atoms with van der Waals surface area (Å²) in [5.74, 6) is 2.69. The number of benzene rings is 2. The number of aryl methyl sites for hydroxylation is 1. The summed E-state index contributed by atoms with van der Waals surface area (Å²) in [6.45, 7) is 8.16. The van der Waals surface area contributed by atoms with Gasteiger partial charge in [-0.1, -0.05) is 43.1 Å². The number of nitrogens with zero attached hydrogens (tertiary/aromatic N) is 2. The van der Waals surface area contributed by atoms with E-state index in [1.54, 1.807) is 0 Å². The van der Waals surface area contributed by atoms with E-state index in [1.807, 2.05) is 36.5 Å². The molecule has 2 aromatic carbocycles. The summed E-state index contributed by atoms with van der Waals surface area (Å²) in [6.07, 6.45) is 13.1. The number of hydrogen-bond acceptors (Lipinski definition) is 6. The van der Waals surface area contributed by atoms with Gasteiger partial charge < -0.3 is 24.8 Å². The molecule has 1 unspecified atom stereocenters. The summed E-state index contributed by atoms with van der Waals surface area (Å²) < 4.78 is 13.1. The first-order valence-corrected chi connectivity index (χ1v) is 20.3. The molecule has 1 spiro atoms. The predicted molar refractivity (Wildman–Crippen MR) is 209 cm³/mol. The van der Waals surface area contributed by atoms with E-state index in [4.69, 9.17) is 32.7 Å². The Morgan fingerprint density at radius 2 is 1.85 bits per heavy atom. The lowest BCUT2D eigenvalue weighted by Crippen LogP contribution is -2.53. The highest BCUT2D eigenvalue weighted by Crippen LogP contribution is 2.57. The average Bonchev–Trinajstić information content (AvgIpc) is 3.39. The molecular formula is C43H55Cl2N3O4. The van der Waals surface area contributed by atoms with Crippen LogP contribution in [-0.4, -0.2) is 59.8 Å². The molecule has 9 heteroatoms. The third-order valence-electron chi connectivity index (χ3n) is 13.0. The van der Waals surface area contributed by atoms with Crippen molar-refractivity contribution in [2.45, 2.75) is 108 Å². The predicted octanol–water partition coefficient (Wildman–Crippen LogP) is 9.96. The maximum absolute atomic E-state index is 13.0. The van der Waals surface area contributed by atoms with E-state index in [0.29, 0.717) is 59.8 Å². The summed E-state index contributed by atoms with van der Waals surface area (Å²) in [5, 5.41) is 15.3. The molecule has 1 aliphatic heterocycles. The highest BCUT2D eigenvalue weighted by molar-refractivity contribution is 6.32. The van der Waals surface area contributed by atoms with Crippen molar-refractivity contribution in [1.82, 2.24) is 9.88 Å². The second kappa shape index (κ2) is 15.8. The van der Waals surface area contributed by atoms with Crippen LogP contribution in [-0.2, 0) is 23.1 Å². The first kappa shape index (κ1) is 37.3. The van der Waals surface area contributed by atoms with Gasteiger partial charge in [-0.15, -0.1) is 0 Å². The van der Waals surface area contributed by atoms with Gasteiger partial charge in [0.05, 0.1) is 18.2 Å². The first-order chi connectivity index (χ1) is 25.0. The normalized spacial score (nSPS) is 26.8. The van der Waals surface area contributed by atoms with Crippen molar-refractivity contribution in [2.75, 3.05) is 38.7 Å². The fourth-order valence-corrected chi connectivity index (χ4v) is 10.3. The standard InChI is InChI=1S/C43H55Cl2N3O4/c1-28(27-52-38-10-18-46-37-9-4-6-29(2)40(37)38)22-32-23-31-24-36(45)39(51-21-13-30-11-19-48(3)20-12-30)26-35(31)42(32)14-16-43(17-15-42,41(49)50)47-34-8-5-7-33(44)25-34/h5,7-8,10,18,24-26,28-30,32,47H,4,6,9,11-17,19-23,27H2,1-3H3,(H,49,50)/t28-,29-,32?,42?,43?/m1/s1.